The summed E-state index contributed by atoms with van der Waals surface area (Å²) in [5.74, 6) is -7.03. The number of aromatic nitrogens is 3. The second kappa shape index (κ2) is 21.0. The van der Waals surface area contributed by atoms with Gasteiger partial charge in [0.05, 0.1) is 25.1 Å². The summed E-state index contributed by atoms with van der Waals surface area (Å²) in [6.45, 7) is 0.207. The van der Waals surface area contributed by atoms with E-state index in [1.54, 1.807) is 60.8 Å². The standard InChI is InChI=1S/C38H48N10O10/c1-20(50)32(48-33(52)25(39)13-21-7-3-2-4-8-21)37(56)47-30(18-49)36(55)44-27(11-12-31(40)51)34(53)45-28(14-22-16-42-26-10-6-5-9-24(22)26)35(54)46-29(38(57)58)15-23-17-41-19-43-23/h2-10,16-17,19-20,25,27-30,32,42,49-50H,11-15,18,39H2,1H3,(H2,40,51)(H,41,43)(H,44,55)(H,45,53)(H,46,54)(H,47,56)(H,48,52)(H,57,58)/t20-,25+,27+,28+,29+,30+,32+/m1/s1. The van der Waals surface area contributed by atoms with Gasteiger partial charge in [0, 0.05) is 48.3 Å². The molecule has 6 amide bonds. The third-order valence-electron chi connectivity index (χ3n) is 9.15. The number of hydrogen-bond donors (Lipinski definition) is 12. The molecule has 2 aromatic heterocycles. The van der Waals surface area contributed by atoms with Gasteiger partial charge in [-0.25, -0.2) is 9.78 Å². The molecule has 4 rings (SSSR count). The number of aromatic amines is 2. The minimum absolute atomic E-state index is 0.118. The molecule has 0 radical (unpaired) electrons. The van der Waals surface area contributed by atoms with Gasteiger partial charge in [0.15, 0.2) is 0 Å². The zero-order valence-corrected chi connectivity index (χ0v) is 31.5. The van der Waals surface area contributed by atoms with Crippen LogP contribution in [0.4, 0.5) is 0 Å². The molecular formula is C38H48N10O10. The highest BCUT2D eigenvalue weighted by atomic mass is 16.4. The maximum atomic E-state index is 13.9. The van der Waals surface area contributed by atoms with E-state index < -0.39 is 96.8 Å². The van der Waals surface area contributed by atoms with Gasteiger partial charge in [0.2, 0.25) is 35.4 Å². The number of carboxylic acid groups (broad SMARTS) is 1. The summed E-state index contributed by atoms with van der Waals surface area (Å²) in [5, 5.41) is 43.0. The molecule has 7 atom stereocenters. The van der Waals surface area contributed by atoms with Crippen molar-refractivity contribution in [2.24, 2.45) is 11.5 Å². The Kier molecular flexibility index (Phi) is 16.0. The van der Waals surface area contributed by atoms with Crippen molar-refractivity contribution in [3.05, 3.63) is 90.1 Å². The molecule has 0 spiro atoms. The molecule has 0 aliphatic carbocycles. The number of carbonyl (C=O) groups is 7. The van der Waals surface area contributed by atoms with Crippen LogP contribution in [-0.4, -0.2) is 121 Å². The van der Waals surface area contributed by atoms with Crippen molar-refractivity contribution in [3.63, 3.8) is 0 Å². The number of rotatable bonds is 22. The Morgan fingerprint density at radius 1 is 0.741 bits per heavy atom. The summed E-state index contributed by atoms with van der Waals surface area (Å²) in [7, 11) is 0. The van der Waals surface area contributed by atoms with Gasteiger partial charge in [-0.15, -0.1) is 0 Å². The number of imidazole rings is 1. The van der Waals surface area contributed by atoms with E-state index in [-0.39, 0.29) is 25.7 Å². The third kappa shape index (κ3) is 12.7. The predicted octanol–water partition coefficient (Wildman–Crippen LogP) is -2.61. The predicted molar refractivity (Wildman–Crippen MR) is 207 cm³/mol. The Morgan fingerprint density at radius 3 is 2.00 bits per heavy atom. The monoisotopic (exact) mass is 804 g/mol. The highest BCUT2D eigenvalue weighted by molar-refractivity contribution is 5.97. The van der Waals surface area contributed by atoms with Crippen molar-refractivity contribution >= 4 is 52.3 Å². The van der Waals surface area contributed by atoms with Gasteiger partial charge in [-0.3, -0.25) is 28.8 Å². The highest BCUT2D eigenvalue weighted by Crippen LogP contribution is 2.19. The first-order chi connectivity index (χ1) is 27.7. The first-order valence-corrected chi connectivity index (χ1v) is 18.3. The number of primary amides is 1. The fourth-order valence-corrected chi connectivity index (χ4v) is 6.00. The molecule has 58 heavy (non-hydrogen) atoms. The number of carbonyl (C=O) groups excluding carboxylic acids is 6. The number of hydrogen-bond acceptors (Lipinski definition) is 11. The molecule has 2 heterocycles. The molecule has 0 aliphatic rings. The summed E-state index contributed by atoms with van der Waals surface area (Å²) in [5.41, 5.74) is 13.8. The SMILES string of the molecule is C[C@@H](O)[C@H](NC(=O)[C@@H](N)Cc1ccccc1)C(=O)N[C@@H](CO)C(=O)N[C@@H](CCC(N)=O)C(=O)N[C@@H](Cc1c[nH]c2ccccc12)C(=O)N[C@@H](Cc1cnc[nH]1)C(=O)O. The van der Waals surface area contributed by atoms with Gasteiger partial charge >= 0.3 is 5.97 Å². The largest absolute Gasteiger partial charge is 0.480 e. The zero-order valence-electron chi connectivity index (χ0n) is 31.5. The molecule has 0 saturated heterocycles. The Morgan fingerprint density at radius 2 is 1.36 bits per heavy atom. The number of nitrogens with one attached hydrogen (secondary N) is 7. The number of aliphatic carboxylic acids is 1. The van der Waals surface area contributed by atoms with Gasteiger partial charge < -0.3 is 63.3 Å². The van der Waals surface area contributed by atoms with Crippen molar-refractivity contribution in [3.8, 4) is 0 Å². The highest BCUT2D eigenvalue weighted by Gasteiger charge is 2.34. The van der Waals surface area contributed by atoms with Crippen molar-refractivity contribution in [2.45, 2.75) is 81.4 Å². The van der Waals surface area contributed by atoms with Crippen LogP contribution in [0.1, 0.15) is 36.6 Å². The first kappa shape index (κ1) is 44.1. The molecule has 310 valence electrons. The number of H-pyrrole nitrogens is 2. The molecule has 0 unspecified atom stereocenters. The lowest BCUT2D eigenvalue weighted by molar-refractivity contribution is -0.142. The number of amides is 6. The van der Waals surface area contributed by atoms with E-state index in [0.29, 0.717) is 16.6 Å². The maximum absolute atomic E-state index is 13.9. The van der Waals surface area contributed by atoms with Gasteiger partial charge in [-0.05, 0) is 37.0 Å². The van der Waals surface area contributed by atoms with Crippen LogP contribution >= 0.6 is 0 Å². The van der Waals surface area contributed by atoms with E-state index in [1.165, 1.54) is 19.4 Å². The first-order valence-electron chi connectivity index (χ1n) is 18.3. The molecule has 0 saturated carbocycles. The number of nitrogens with two attached hydrogens (primary N) is 2. The van der Waals surface area contributed by atoms with Gasteiger partial charge in [0.1, 0.15) is 30.2 Å². The van der Waals surface area contributed by atoms with E-state index >= 15 is 0 Å². The minimum atomic E-state index is -1.74. The van der Waals surface area contributed by atoms with Crippen molar-refractivity contribution < 1.29 is 48.9 Å². The van der Waals surface area contributed by atoms with Crippen LogP contribution in [0.2, 0.25) is 0 Å². The topological polar surface area (TPSA) is 337 Å². The van der Waals surface area contributed by atoms with Gasteiger partial charge in [-0.2, -0.15) is 0 Å². The fourth-order valence-electron chi connectivity index (χ4n) is 6.00. The number of nitrogens with zero attached hydrogens (tertiary/aromatic N) is 1. The Hall–Kier alpha value is -6.64. The summed E-state index contributed by atoms with van der Waals surface area (Å²) < 4.78 is 0. The number of benzene rings is 2. The number of carboxylic acids is 1. The number of aliphatic hydroxyl groups is 2. The molecule has 2 aromatic carbocycles. The van der Waals surface area contributed by atoms with Crippen LogP contribution in [-0.2, 0) is 52.8 Å². The molecule has 0 fully saturated rings. The lowest BCUT2D eigenvalue weighted by atomic mass is 10.0. The van der Waals surface area contributed by atoms with E-state index in [1.807, 2.05) is 0 Å². The molecule has 0 aliphatic heterocycles. The average Bonchev–Trinajstić information content (AvgIpc) is 3.86. The molecule has 20 nitrogen and oxygen atoms in total. The van der Waals surface area contributed by atoms with Crippen LogP contribution in [0.5, 0.6) is 0 Å². The smallest absolute Gasteiger partial charge is 0.326 e. The van der Waals surface area contributed by atoms with E-state index in [4.69, 9.17) is 11.5 Å². The minimum Gasteiger partial charge on any atom is -0.480 e. The Bertz CT molecular complexity index is 2040. The van der Waals surface area contributed by atoms with Crippen LogP contribution in [0.15, 0.2) is 73.3 Å². The van der Waals surface area contributed by atoms with Crippen LogP contribution in [0, 0.1) is 0 Å². The summed E-state index contributed by atoms with van der Waals surface area (Å²) in [6, 6.07) is 7.04. The molecular weight excluding hydrogens is 756 g/mol. The maximum Gasteiger partial charge on any atom is 0.326 e. The van der Waals surface area contributed by atoms with Crippen molar-refractivity contribution in [2.75, 3.05) is 6.61 Å². The summed E-state index contributed by atoms with van der Waals surface area (Å²) in [4.78, 5) is 101. The molecule has 20 heteroatoms. The van der Waals surface area contributed by atoms with Crippen LogP contribution in [0.3, 0.4) is 0 Å². The molecule has 4 aromatic rings. The van der Waals surface area contributed by atoms with E-state index in [2.05, 4.69) is 41.5 Å². The van der Waals surface area contributed by atoms with Gasteiger partial charge in [0.25, 0.3) is 0 Å². The number of fused-ring (bicyclic) bond motifs is 1. The van der Waals surface area contributed by atoms with Crippen LogP contribution in [0.25, 0.3) is 10.9 Å². The third-order valence-corrected chi connectivity index (χ3v) is 9.15. The quantitative estimate of drug-likeness (QED) is 0.0389. The lowest BCUT2D eigenvalue weighted by Gasteiger charge is -2.27. The van der Waals surface area contributed by atoms with Crippen molar-refractivity contribution in [1.29, 1.82) is 0 Å². The normalized spacial score (nSPS) is 14.8. The zero-order chi connectivity index (χ0) is 42.4. The lowest BCUT2D eigenvalue weighted by Crippen LogP contribution is -2.61. The van der Waals surface area contributed by atoms with Gasteiger partial charge in [-0.1, -0.05) is 48.5 Å². The van der Waals surface area contributed by atoms with E-state index in [9.17, 15) is 48.9 Å². The number of aliphatic hydroxyl groups excluding tert-OH is 2. The molecule has 0 bridgehead atoms. The number of para-hydroxylation sites is 1. The Balaban J connectivity index is 1.50. The van der Waals surface area contributed by atoms with Crippen LogP contribution < -0.4 is 38.1 Å². The summed E-state index contributed by atoms with van der Waals surface area (Å²) in [6.07, 6.45) is 1.88. The molecule has 14 N–H and O–H groups in total. The average molecular weight is 805 g/mol. The Labute approximate surface area is 331 Å². The fraction of sp³-hybridized carbons (Fsp3) is 0.368. The second-order valence-corrected chi connectivity index (χ2v) is 13.6. The second-order valence-electron chi connectivity index (χ2n) is 13.6. The summed E-state index contributed by atoms with van der Waals surface area (Å²) >= 11 is 0. The van der Waals surface area contributed by atoms with E-state index in [0.717, 1.165) is 11.1 Å². The van der Waals surface area contributed by atoms with Crippen molar-refractivity contribution in [1.82, 2.24) is 41.5 Å².